The van der Waals surface area contributed by atoms with E-state index in [1.165, 1.54) is 0 Å². The number of carbonyl (C=O) groups excluding carboxylic acids is 1. The average molecular weight is 345 g/mol. The van der Waals surface area contributed by atoms with E-state index < -0.39 is 0 Å². The molecule has 1 fully saturated rings. The van der Waals surface area contributed by atoms with E-state index in [1.54, 1.807) is 10.9 Å². The molecule has 0 unspecified atom stereocenters. The van der Waals surface area contributed by atoms with E-state index in [4.69, 9.17) is 14.6 Å². The van der Waals surface area contributed by atoms with Crippen LogP contribution in [-0.2, 0) is 22.7 Å². The SMILES string of the molecule is Cc1ccnn1CC(=O)N[C@@H]1CCOC[C@H]1Oc1ccc(CO)cc1. The smallest absolute Gasteiger partial charge is 0.242 e. The van der Waals surface area contributed by atoms with Gasteiger partial charge in [-0.3, -0.25) is 9.48 Å². The molecular formula is C18H23N3O4. The minimum absolute atomic E-state index is 0.00164. The molecule has 3 rings (SSSR count). The Balaban J connectivity index is 1.60. The molecule has 134 valence electrons. The number of ether oxygens (including phenoxy) is 2. The van der Waals surface area contributed by atoms with Gasteiger partial charge in [0.05, 0.1) is 19.3 Å². The lowest BCUT2D eigenvalue weighted by molar-refractivity contribution is -0.124. The van der Waals surface area contributed by atoms with Gasteiger partial charge in [-0.1, -0.05) is 12.1 Å². The van der Waals surface area contributed by atoms with Gasteiger partial charge in [0.2, 0.25) is 5.91 Å². The second kappa shape index (κ2) is 8.13. The first-order chi connectivity index (χ1) is 12.2. The molecule has 1 amide bonds. The van der Waals surface area contributed by atoms with Crippen LogP contribution >= 0.6 is 0 Å². The minimum atomic E-state index is -0.253. The molecule has 0 radical (unpaired) electrons. The van der Waals surface area contributed by atoms with Crippen LogP contribution in [0.25, 0.3) is 0 Å². The van der Waals surface area contributed by atoms with Crippen molar-refractivity contribution in [2.24, 2.45) is 0 Å². The van der Waals surface area contributed by atoms with E-state index in [2.05, 4.69) is 10.4 Å². The molecule has 25 heavy (non-hydrogen) atoms. The predicted molar refractivity (Wildman–Crippen MR) is 91.1 cm³/mol. The summed E-state index contributed by atoms with van der Waals surface area (Å²) in [5.41, 5.74) is 1.77. The fourth-order valence-electron chi connectivity index (χ4n) is 2.79. The van der Waals surface area contributed by atoms with E-state index >= 15 is 0 Å². The molecule has 0 aliphatic carbocycles. The fourth-order valence-corrected chi connectivity index (χ4v) is 2.79. The van der Waals surface area contributed by atoms with Crippen LogP contribution in [0.1, 0.15) is 17.7 Å². The Morgan fingerprint density at radius 1 is 1.40 bits per heavy atom. The van der Waals surface area contributed by atoms with Crippen LogP contribution in [0, 0.1) is 6.92 Å². The van der Waals surface area contributed by atoms with Crippen molar-refractivity contribution in [1.82, 2.24) is 15.1 Å². The Bertz CT molecular complexity index is 699. The van der Waals surface area contributed by atoms with Crippen molar-refractivity contribution in [3.63, 3.8) is 0 Å². The Morgan fingerprint density at radius 3 is 2.88 bits per heavy atom. The number of aromatic nitrogens is 2. The number of hydrogen-bond donors (Lipinski definition) is 2. The molecule has 1 aromatic carbocycles. The summed E-state index contributed by atoms with van der Waals surface area (Å²) in [4.78, 5) is 12.3. The Kier molecular flexibility index (Phi) is 5.67. The van der Waals surface area contributed by atoms with Crippen molar-refractivity contribution < 1.29 is 19.4 Å². The summed E-state index contributed by atoms with van der Waals surface area (Å²) in [6.45, 7) is 3.12. The molecule has 0 spiro atoms. The maximum Gasteiger partial charge on any atom is 0.242 e. The van der Waals surface area contributed by atoms with Gasteiger partial charge in [0, 0.05) is 18.5 Å². The molecule has 2 N–H and O–H groups in total. The molecule has 0 bridgehead atoms. The molecule has 2 aromatic rings. The van der Waals surface area contributed by atoms with Gasteiger partial charge >= 0.3 is 0 Å². The van der Waals surface area contributed by atoms with Crippen molar-refractivity contribution in [3.05, 3.63) is 47.8 Å². The van der Waals surface area contributed by atoms with Gasteiger partial charge in [-0.2, -0.15) is 5.10 Å². The molecule has 1 saturated heterocycles. The van der Waals surface area contributed by atoms with Crippen LogP contribution in [-0.4, -0.2) is 46.2 Å². The standard InChI is InChI=1S/C18H23N3O4/c1-13-6-8-19-21(13)10-18(23)20-16-7-9-24-12-17(16)25-15-4-2-14(11-22)3-5-15/h2-6,8,16-17,22H,7,9-12H2,1H3,(H,20,23)/t16-,17-/m1/s1. The van der Waals surface area contributed by atoms with Gasteiger partial charge < -0.3 is 19.9 Å². The first-order valence-electron chi connectivity index (χ1n) is 8.37. The van der Waals surface area contributed by atoms with Crippen LogP contribution < -0.4 is 10.1 Å². The third-order valence-corrected chi connectivity index (χ3v) is 4.27. The van der Waals surface area contributed by atoms with E-state index in [9.17, 15) is 4.79 Å². The summed E-state index contributed by atoms with van der Waals surface area (Å²) >= 11 is 0. The Hall–Kier alpha value is -2.38. The summed E-state index contributed by atoms with van der Waals surface area (Å²) in [6, 6.07) is 9.00. The third kappa shape index (κ3) is 4.58. The summed E-state index contributed by atoms with van der Waals surface area (Å²) in [5, 5.41) is 16.3. The third-order valence-electron chi connectivity index (χ3n) is 4.27. The van der Waals surface area contributed by atoms with Gasteiger partial charge in [0.1, 0.15) is 18.4 Å². The Labute approximate surface area is 146 Å². The highest BCUT2D eigenvalue weighted by atomic mass is 16.5. The van der Waals surface area contributed by atoms with Crippen LogP contribution in [0.2, 0.25) is 0 Å². The molecule has 0 saturated carbocycles. The fraction of sp³-hybridized carbons (Fsp3) is 0.444. The number of aliphatic hydroxyl groups is 1. The van der Waals surface area contributed by atoms with Crippen molar-refractivity contribution in [2.75, 3.05) is 13.2 Å². The van der Waals surface area contributed by atoms with Gasteiger partial charge in [-0.15, -0.1) is 0 Å². The largest absolute Gasteiger partial charge is 0.486 e. The lowest BCUT2D eigenvalue weighted by Crippen LogP contribution is -2.52. The Morgan fingerprint density at radius 2 is 2.20 bits per heavy atom. The number of carbonyl (C=O) groups is 1. The molecule has 2 atom stereocenters. The van der Waals surface area contributed by atoms with E-state index in [0.29, 0.717) is 25.4 Å². The topological polar surface area (TPSA) is 85.6 Å². The molecule has 1 aliphatic heterocycles. The van der Waals surface area contributed by atoms with Crippen LogP contribution in [0.15, 0.2) is 36.5 Å². The zero-order chi connectivity index (χ0) is 17.6. The zero-order valence-corrected chi connectivity index (χ0v) is 14.2. The average Bonchev–Trinajstić information content (AvgIpc) is 3.02. The highest BCUT2D eigenvalue weighted by Gasteiger charge is 2.29. The molecule has 2 heterocycles. The highest BCUT2D eigenvalue weighted by Crippen LogP contribution is 2.18. The molecule has 1 aliphatic rings. The van der Waals surface area contributed by atoms with Gasteiger partial charge in [-0.25, -0.2) is 0 Å². The zero-order valence-electron chi connectivity index (χ0n) is 14.2. The van der Waals surface area contributed by atoms with Gasteiger partial charge in [-0.05, 0) is 37.1 Å². The van der Waals surface area contributed by atoms with Gasteiger partial charge in [0.15, 0.2) is 0 Å². The number of nitrogens with one attached hydrogen (secondary N) is 1. The van der Waals surface area contributed by atoms with Crippen molar-refractivity contribution in [3.8, 4) is 5.75 Å². The van der Waals surface area contributed by atoms with Crippen LogP contribution in [0.3, 0.4) is 0 Å². The maximum absolute atomic E-state index is 12.3. The van der Waals surface area contributed by atoms with Gasteiger partial charge in [0.25, 0.3) is 0 Å². The normalized spacial score (nSPS) is 20.2. The quantitative estimate of drug-likeness (QED) is 0.817. The summed E-state index contributed by atoms with van der Waals surface area (Å²) in [7, 11) is 0. The monoisotopic (exact) mass is 345 g/mol. The van der Waals surface area contributed by atoms with E-state index in [-0.39, 0.29) is 31.2 Å². The molecule has 1 aromatic heterocycles. The lowest BCUT2D eigenvalue weighted by Gasteiger charge is -2.32. The van der Waals surface area contributed by atoms with Crippen molar-refractivity contribution >= 4 is 5.91 Å². The van der Waals surface area contributed by atoms with Crippen molar-refractivity contribution in [1.29, 1.82) is 0 Å². The summed E-state index contributed by atoms with van der Waals surface area (Å²) in [5.74, 6) is 0.595. The number of nitrogens with zero attached hydrogens (tertiary/aromatic N) is 2. The van der Waals surface area contributed by atoms with Crippen LogP contribution in [0.4, 0.5) is 0 Å². The number of aryl methyl sites for hydroxylation is 1. The highest BCUT2D eigenvalue weighted by molar-refractivity contribution is 5.76. The molecule has 7 nitrogen and oxygen atoms in total. The second-order valence-corrected chi connectivity index (χ2v) is 6.13. The first kappa shape index (κ1) is 17.4. The summed E-state index contributed by atoms with van der Waals surface area (Å²) < 4.78 is 13.2. The van der Waals surface area contributed by atoms with Crippen LogP contribution in [0.5, 0.6) is 5.75 Å². The lowest BCUT2D eigenvalue weighted by atomic mass is 10.1. The van der Waals surface area contributed by atoms with Crippen molar-refractivity contribution in [2.45, 2.75) is 38.6 Å². The number of benzene rings is 1. The summed E-state index contributed by atoms with van der Waals surface area (Å²) in [6.07, 6.45) is 2.12. The van der Waals surface area contributed by atoms with E-state index in [1.807, 2.05) is 37.3 Å². The predicted octanol–water partition coefficient (Wildman–Crippen LogP) is 1.04. The first-order valence-corrected chi connectivity index (χ1v) is 8.37. The second-order valence-electron chi connectivity index (χ2n) is 6.13. The molecular weight excluding hydrogens is 322 g/mol. The minimum Gasteiger partial charge on any atom is -0.486 e. The number of aliphatic hydroxyl groups excluding tert-OH is 1. The number of amides is 1. The van der Waals surface area contributed by atoms with E-state index in [0.717, 1.165) is 11.3 Å². The molecule has 7 heteroatoms. The number of hydrogen-bond acceptors (Lipinski definition) is 5. The maximum atomic E-state index is 12.3. The number of rotatable bonds is 6.